The van der Waals surface area contributed by atoms with Gasteiger partial charge < -0.3 is 10.6 Å². The van der Waals surface area contributed by atoms with Crippen molar-refractivity contribution >= 4 is 17.4 Å². The largest absolute Gasteiger partial charge is 0.366 e. The van der Waals surface area contributed by atoms with Crippen molar-refractivity contribution in [2.24, 2.45) is 0 Å². The number of carbonyl (C=O) groups is 1. The number of pyridine rings is 1. The Morgan fingerprint density at radius 1 is 1.00 bits per heavy atom. The van der Waals surface area contributed by atoms with Crippen molar-refractivity contribution in [3.05, 3.63) is 89.4 Å². The predicted molar refractivity (Wildman–Crippen MR) is 106 cm³/mol. The first kappa shape index (κ1) is 18.6. The Labute approximate surface area is 158 Å². The molecular weight excluding hydrogens is 341 g/mol. The van der Waals surface area contributed by atoms with Crippen LogP contribution in [-0.2, 0) is 6.54 Å². The Balaban J connectivity index is 1.57. The number of carbonyl (C=O) groups excluding carboxylic acids is 1. The maximum atomic E-state index is 12.9. The molecule has 3 aromatic rings. The minimum atomic E-state index is -0.258. The zero-order chi connectivity index (χ0) is 19.2. The third kappa shape index (κ3) is 5.14. The topological polar surface area (TPSA) is 54.0 Å². The molecule has 4 nitrogen and oxygen atoms in total. The van der Waals surface area contributed by atoms with E-state index >= 15 is 0 Å². The van der Waals surface area contributed by atoms with Gasteiger partial charge in [-0.25, -0.2) is 9.37 Å². The molecule has 3 rings (SSSR count). The van der Waals surface area contributed by atoms with Gasteiger partial charge in [0.25, 0.3) is 5.91 Å². The van der Waals surface area contributed by atoms with Gasteiger partial charge >= 0.3 is 0 Å². The van der Waals surface area contributed by atoms with E-state index in [1.807, 2.05) is 24.3 Å². The maximum Gasteiger partial charge on any atom is 0.257 e. The molecule has 27 heavy (non-hydrogen) atoms. The lowest BCUT2D eigenvalue weighted by molar-refractivity contribution is 0.102. The average Bonchev–Trinajstić information content (AvgIpc) is 2.68. The van der Waals surface area contributed by atoms with Crippen molar-refractivity contribution in [2.45, 2.75) is 26.3 Å². The van der Waals surface area contributed by atoms with Gasteiger partial charge in [-0.3, -0.25) is 4.79 Å². The third-order valence-electron chi connectivity index (χ3n) is 4.25. The first-order chi connectivity index (χ1) is 13.0. The fourth-order valence-corrected chi connectivity index (χ4v) is 2.58. The van der Waals surface area contributed by atoms with Gasteiger partial charge in [-0.1, -0.05) is 38.1 Å². The molecule has 1 aromatic heterocycles. The SMILES string of the molecule is CC(C)c1ccc(NC(=O)c2ccc(NCc3ccc(F)cc3)nc2)cc1. The molecule has 0 aliphatic heterocycles. The van der Waals surface area contributed by atoms with Crippen LogP contribution in [0, 0.1) is 5.82 Å². The number of anilines is 2. The summed E-state index contributed by atoms with van der Waals surface area (Å²) in [5.41, 5.74) is 3.41. The van der Waals surface area contributed by atoms with E-state index < -0.39 is 0 Å². The highest BCUT2D eigenvalue weighted by atomic mass is 19.1. The molecule has 0 fully saturated rings. The smallest absolute Gasteiger partial charge is 0.257 e. The zero-order valence-electron chi connectivity index (χ0n) is 15.4. The predicted octanol–water partition coefficient (Wildman–Crippen LogP) is 5.21. The summed E-state index contributed by atoms with van der Waals surface area (Å²) in [5, 5.41) is 6.02. The van der Waals surface area contributed by atoms with Gasteiger partial charge in [-0.15, -0.1) is 0 Å². The number of nitrogens with zero attached hydrogens (tertiary/aromatic N) is 1. The highest BCUT2D eigenvalue weighted by molar-refractivity contribution is 6.04. The van der Waals surface area contributed by atoms with Crippen LogP contribution in [0.5, 0.6) is 0 Å². The molecule has 0 aliphatic carbocycles. The van der Waals surface area contributed by atoms with E-state index in [1.54, 1.807) is 24.3 Å². The molecule has 0 atom stereocenters. The summed E-state index contributed by atoms with van der Waals surface area (Å²) in [6, 6.07) is 17.6. The fourth-order valence-electron chi connectivity index (χ4n) is 2.58. The van der Waals surface area contributed by atoms with Crippen molar-refractivity contribution in [1.29, 1.82) is 0 Å². The van der Waals surface area contributed by atoms with Crippen LogP contribution in [0.2, 0.25) is 0 Å². The van der Waals surface area contributed by atoms with Crippen LogP contribution in [0.4, 0.5) is 15.9 Å². The van der Waals surface area contributed by atoms with Crippen LogP contribution in [0.15, 0.2) is 66.9 Å². The first-order valence-corrected chi connectivity index (χ1v) is 8.87. The normalized spacial score (nSPS) is 10.7. The van der Waals surface area contributed by atoms with Gasteiger partial charge in [0, 0.05) is 18.4 Å². The molecule has 0 aliphatic rings. The average molecular weight is 363 g/mol. The Bertz CT molecular complexity index is 888. The molecule has 0 radical (unpaired) electrons. The molecule has 138 valence electrons. The Morgan fingerprint density at radius 2 is 1.70 bits per heavy atom. The number of benzene rings is 2. The van der Waals surface area contributed by atoms with E-state index in [-0.39, 0.29) is 11.7 Å². The van der Waals surface area contributed by atoms with Crippen molar-refractivity contribution in [3.63, 3.8) is 0 Å². The summed E-state index contributed by atoms with van der Waals surface area (Å²) in [4.78, 5) is 16.6. The van der Waals surface area contributed by atoms with E-state index in [4.69, 9.17) is 0 Å². The van der Waals surface area contributed by atoms with E-state index in [2.05, 4.69) is 29.5 Å². The highest BCUT2D eigenvalue weighted by Crippen LogP contribution is 2.18. The molecular formula is C22H22FN3O. The summed E-state index contributed by atoms with van der Waals surface area (Å²) in [6.07, 6.45) is 1.53. The van der Waals surface area contributed by atoms with Gasteiger partial charge in [0.15, 0.2) is 0 Å². The van der Waals surface area contributed by atoms with Crippen LogP contribution >= 0.6 is 0 Å². The van der Waals surface area contributed by atoms with Crippen molar-refractivity contribution in [2.75, 3.05) is 10.6 Å². The molecule has 0 saturated heterocycles. The van der Waals surface area contributed by atoms with Gasteiger partial charge in [-0.2, -0.15) is 0 Å². The second-order valence-corrected chi connectivity index (χ2v) is 6.64. The highest BCUT2D eigenvalue weighted by Gasteiger charge is 2.07. The second-order valence-electron chi connectivity index (χ2n) is 6.64. The Hall–Kier alpha value is -3.21. The minimum Gasteiger partial charge on any atom is -0.366 e. The van der Waals surface area contributed by atoms with Crippen molar-refractivity contribution in [1.82, 2.24) is 4.98 Å². The fraction of sp³-hybridized carbons (Fsp3) is 0.182. The summed E-state index contributed by atoms with van der Waals surface area (Å²) >= 11 is 0. The summed E-state index contributed by atoms with van der Waals surface area (Å²) in [7, 11) is 0. The molecule has 2 aromatic carbocycles. The lowest BCUT2D eigenvalue weighted by Crippen LogP contribution is -2.12. The first-order valence-electron chi connectivity index (χ1n) is 8.87. The molecule has 5 heteroatoms. The molecule has 1 heterocycles. The number of hydrogen-bond acceptors (Lipinski definition) is 3. The Kier molecular flexibility index (Phi) is 5.81. The van der Waals surface area contributed by atoms with Crippen LogP contribution in [0.1, 0.15) is 41.3 Å². The van der Waals surface area contributed by atoms with E-state index in [0.29, 0.717) is 23.8 Å². The maximum absolute atomic E-state index is 12.9. The van der Waals surface area contributed by atoms with Gasteiger partial charge in [-0.05, 0) is 53.4 Å². The molecule has 2 N–H and O–H groups in total. The van der Waals surface area contributed by atoms with E-state index in [9.17, 15) is 9.18 Å². The number of rotatable bonds is 6. The molecule has 0 bridgehead atoms. The third-order valence-corrected chi connectivity index (χ3v) is 4.25. The van der Waals surface area contributed by atoms with Crippen LogP contribution < -0.4 is 10.6 Å². The Morgan fingerprint density at radius 3 is 2.30 bits per heavy atom. The van der Waals surface area contributed by atoms with Gasteiger partial charge in [0.05, 0.1) is 5.56 Å². The number of aromatic nitrogens is 1. The zero-order valence-corrected chi connectivity index (χ0v) is 15.4. The molecule has 0 saturated carbocycles. The van der Waals surface area contributed by atoms with E-state index in [0.717, 1.165) is 11.3 Å². The van der Waals surface area contributed by atoms with Crippen molar-refractivity contribution in [3.8, 4) is 0 Å². The monoisotopic (exact) mass is 363 g/mol. The summed E-state index contributed by atoms with van der Waals surface area (Å²) < 4.78 is 12.9. The summed E-state index contributed by atoms with van der Waals surface area (Å²) in [5.74, 6) is 0.641. The van der Waals surface area contributed by atoms with Gasteiger partial charge in [0.2, 0.25) is 0 Å². The summed E-state index contributed by atoms with van der Waals surface area (Å²) in [6.45, 7) is 4.79. The quantitative estimate of drug-likeness (QED) is 0.632. The van der Waals surface area contributed by atoms with Crippen LogP contribution in [0.3, 0.4) is 0 Å². The standard InChI is InChI=1S/C22H22FN3O/c1-15(2)17-5-10-20(11-6-17)26-22(27)18-7-12-21(25-14-18)24-13-16-3-8-19(23)9-4-16/h3-12,14-15H,13H2,1-2H3,(H,24,25)(H,26,27). The van der Waals surface area contributed by atoms with Crippen LogP contribution in [-0.4, -0.2) is 10.9 Å². The van der Waals surface area contributed by atoms with Crippen molar-refractivity contribution < 1.29 is 9.18 Å². The van der Waals surface area contributed by atoms with E-state index in [1.165, 1.54) is 23.9 Å². The number of hydrogen-bond donors (Lipinski definition) is 2. The lowest BCUT2D eigenvalue weighted by Gasteiger charge is -2.09. The number of nitrogens with one attached hydrogen (secondary N) is 2. The molecule has 0 spiro atoms. The van der Waals surface area contributed by atoms with Gasteiger partial charge in [0.1, 0.15) is 11.6 Å². The van der Waals surface area contributed by atoms with Crippen LogP contribution in [0.25, 0.3) is 0 Å². The number of amides is 1. The lowest BCUT2D eigenvalue weighted by atomic mass is 10.0. The second kappa shape index (κ2) is 8.45. The molecule has 1 amide bonds. The molecule has 0 unspecified atom stereocenters. The minimum absolute atomic E-state index is 0.204. The number of halogens is 1.